The molecule has 0 fully saturated rings. The molecule has 1 N–H and O–H groups in total. The molecule has 0 saturated heterocycles. The van der Waals surface area contributed by atoms with Gasteiger partial charge in [0.25, 0.3) is 0 Å². The van der Waals surface area contributed by atoms with Crippen LogP contribution in [0.2, 0.25) is 5.02 Å². The molecular formula is C25H25ClN4O3S. The molecule has 3 aromatic rings. The van der Waals surface area contributed by atoms with Gasteiger partial charge in [-0.3, -0.25) is 4.79 Å². The fourth-order valence-electron chi connectivity index (χ4n) is 4.35. The number of aromatic nitrogens is 3. The zero-order chi connectivity index (χ0) is 23.7. The van der Waals surface area contributed by atoms with Crippen LogP contribution in [-0.2, 0) is 11.4 Å². The van der Waals surface area contributed by atoms with E-state index >= 15 is 0 Å². The van der Waals surface area contributed by atoms with Crippen molar-refractivity contribution in [3.63, 3.8) is 0 Å². The van der Waals surface area contributed by atoms with Crippen molar-refractivity contribution in [2.24, 2.45) is 0 Å². The Balaban J connectivity index is 1.50. The standard InChI is InChI=1S/C25H25ClN4O3S/c1-3-34-25-28-24-27-18-5-4-6-19(31)22(18)23(30(24)29-25)16-9-12-20(21(13-16)32-2)33-14-15-7-10-17(26)11-8-15/h7-13,23H,3-6,14H2,1-2H3,(H,27,28,29). The molecule has 7 nitrogen and oxygen atoms in total. The van der Waals surface area contributed by atoms with Gasteiger partial charge in [-0.15, -0.1) is 5.10 Å². The maximum atomic E-state index is 13.0. The molecule has 1 aliphatic heterocycles. The highest BCUT2D eigenvalue weighted by atomic mass is 35.5. The van der Waals surface area contributed by atoms with Gasteiger partial charge in [0.2, 0.25) is 11.1 Å². The lowest BCUT2D eigenvalue weighted by atomic mass is 9.85. The minimum Gasteiger partial charge on any atom is -0.493 e. The number of thioether (sulfide) groups is 1. The van der Waals surface area contributed by atoms with Gasteiger partial charge < -0.3 is 14.8 Å². The van der Waals surface area contributed by atoms with Gasteiger partial charge in [-0.1, -0.05) is 48.5 Å². The summed E-state index contributed by atoms with van der Waals surface area (Å²) in [6.45, 7) is 2.45. The number of ether oxygens (including phenoxy) is 2. The van der Waals surface area contributed by atoms with E-state index in [0.717, 1.165) is 41.0 Å². The number of nitrogens with zero attached hydrogens (tertiary/aromatic N) is 3. The molecule has 1 aromatic heterocycles. The fraction of sp³-hybridized carbons (Fsp3) is 0.320. The van der Waals surface area contributed by atoms with Crippen molar-refractivity contribution in [3.8, 4) is 11.5 Å². The second kappa shape index (κ2) is 9.72. The number of carbonyl (C=O) groups is 1. The number of carbonyl (C=O) groups excluding carboxylic acids is 1. The quantitative estimate of drug-likeness (QED) is 0.423. The third-order valence-electron chi connectivity index (χ3n) is 5.93. The second-order valence-corrected chi connectivity index (χ2v) is 9.79. The Kier molecular flexibility index (Phi) is 6.52. The van der Waals surface area contributed by atoms with E-state index in [1.165, 1.54) is 0 Å². The van der Waals surface area contributed by atoms with Crippen LogP contribution < -0.4 is 14.8 Å². The lowest BCUT2D eigenvalue weighted by Gasteiger charge is -2.32. The van der Waals surface area contributed by atoms with Crippen molar-refractivity contribution in [2.75, 3.05) is 18.2 Å². The summed E-state index contributed by atoms with van der Waals surface area (Å²) >= 11 is 7.55. The fourth-order valence-corrected chi connectivity index (χ4v) is 5.03. The molecule has 0 radical (unpaired) electrons. The summed E-state index contributed by atoms with van der Waals surface area (Å²) in [4.78, 5) is 17.7. The SMILES string of the molecule is CCSc1nc2n(n1)C(c1ccc(OCc3ccc(Cl)cc3)c(OC)c1)C1=C(CCCC1=O)N2. The number of benzene rings is 2. The van der Waals surface area contributed by atoms with E-state index in [0.29, 0.717) is 40.7 Å². The van der Waals surface area contributed by atoms with Gasteiger partial charge in [0.15, 0.2) is 17.3 Å². The van der Waals surface area contributed by atoms with Gasteiger partial charge in [-0.2, -0.15) is 4.98 Å². The van der Waals surface area contributed by atoms with Crippen LogP contribution in [-0.4, -0.2) is 33.4 Å². The average molecular weight is 497 g/mol. The summed E-state index contributed by atoms with van der Waals surface area (Å²) in [7, 11) is 1.62. The lowest BCUT2D eigenvalue weighted by Crippen LogP contribution is -2.31. The highest BCUT2D eigenvalue weighted by molar-refractivity contribution is 7.99. The van der Waals surface area contributed by atoms with Crippen molar-refractivity contribution < 1.29 is 14.3 Å². The Bertz CT molecular complexity index is 1260. The Hall–Kier alpha value is -2.97. The third-order valence-corrected chi connectivity index (χ3v) is 6.90. The van der Waals surface area contributed by atoms with Crippen LogP contribution in [0.1, 0.15) is 43.4 Å². The highest BCUT2D eigenvalue weighted by Crippen LogP contribution is 2.42. The van der Waals surface area contributed by atoms with Gasteiger partial charge in [-0.25, -0.2) is 4.68 Å². The molecule has 1 atom stereocenters. The molecule has 0 saturated carbocycles. The van der Waals surface area contributed by atoms with Crippen molar-refractivity contribution in [2.45, 2.75) is 44.0 Å². The zero-order valence-electron chi connectivity index (χ0n) is 19.0. The van der Waals surface area contributed by atoms with Crippen LogP contribution in [0.3, 0.4) is 0 Å². The van der Waals surface area contributed by atoms with E-state index in [-0.39, 0.29) is 11.8 Å². The van der Waals surface area contributed by atoms with Gasteiger partial charge in [0.05, 0.1) is 7.11 Å². The Morgan fingerprint density at radius 1 is 1.18 bits per heavy atom. The number of halogens is 1. The molecule has 0 amide bonds. The third kappa shape index (κ3) is 4.40. The van der Waals surface area contributed by atoms with Gasteiger partial charge >= 0.3 is 0 Å². The summed E-state index contributed by atoms with van der Waals surface area (Å²) in [5.41, 5.74) is 3.61. The van der Waals surface area contributed by atoms with Crippen molar-refractivity contribution in [1.29, 1.82) is 0 Å². The Morgan fingerprint density at radius 2 is 2.00 bits per heavy atom. The summed E-state index contributed by atoms with van der Waals surface area (Å²) in [5, 5.41) is 9.46. The smallest absolute Gasteiger partial charge is 0.227 e. The average Bonchev–Trinajstić information content (AvgIpc) is 3.25. The van der Waals surface area contributed by atoms with E-state index in [2.05, 4.69) is 17.2 Å². The van der Waals surface area contributed by atoms with E-state index in [1.807, 2.05) is 47.1 Å². The maximum Gasteiger partial charge on any atom is 0.227 e. The molecule has 0 spiro atoms. The molecule has 1 unspecified atom stereocenters. The molecule has 2 heterocycles. The first-order chi connectivity index (χ1) is 16.6. The Labute approximate surface area is 207 Å². The van der Waals surface area contributed by atoms with Crippen LogP contribution in [0.25, 0.3) is 0 Å². The second-order valence-electron chi connectivity index (χ2n) is 8.12. The normalized spacial score (nSPS) is 17.1. The minimum atomic E-state index is -0.364. The summed E-state index contributed by atoms with van der Waals surface area (Å²) in [5.74, 6) is 2.90. The molecule has 1 aliphatic carbocycles. The number of ketones is 1. The zero-order valence-corrected chi connectivity index (χ0v) is 20.6. The first kappa shape index (κ1) is 22.8. The minimum absolute atomic E-state index is 0.145. The number of methoxy groups -OCH3 is 1. The number of hydrogen-bond acceptors (Lipinski definition) is 7. The van der Waals surface area contributed by atoms with Crippen LogP contribution >= 0.6 is 23.4 Å². The van der Waals surface area contributed by atoms with Crippen molar-refractivity contribution in [1.82, 2.24) is 14.8 Å². The lowest BCUT2D eigenvalue weighted by molar-refractivity contribution is -0.116. The first-order valence-electron chi connectivity index (χ1n) is 11.2. The molecule has 9 heteroatoms. The maximum absolute atomic E-state index is 13.0. The predicted octanol–water partition coefficient (Wildman–Crippen LogP) is 5.65. The van der Waals surface area contributed by atoms with Crippen molar-refractivity contribution >= 4 is 35.1 Å². The number of nitrogens with one attached hydrogen (secondary N) is 1. The van der Waals surface area contributed by atoms with Gasteiger partial charge in [0.1, 0.15) is 12.6 Å². The monoisotopic (exact) mass is 496 g/mol. The van der Waals surface area contributed by atoms with Crippen LogP contribution in [0.4, 0.5) is 5.95 Å². The Morgan fingerprint density at radius 3 is 2.76 bits per heavy atom. The largest absolute Gasteiger partial charge is 0.493 e. The van der Waals surface area contributed by atoms with Crippen LogP contribution in [0, 0.1) is 0 Å². The van der Waals surface area contributed by atoms with Gasteiger partial charge in [0, 0.05) is 22.7 Å². The van der Waals surface area contributed by atoms with Gasteiger partial charge in [-0.05, 0) is 54.0 Å². The predicted molar refractivity (Wildman–Crippen MR) is 133 cm³/mol. The van der Waals surface area contributed by atoms with Crippen LogP contribution in [0.15, 0.2) is 58.9 Å². The van der Waals surface area contributed by atoms with E-state index in [4.69, 9.17) is 26.2 Å². The van der Waals surface area contributed by atoms with Crippen molar-refractivity contribution in [3.05, 3.63) is 69.9 Å². The number of allylic oxidation sites excluding steroid dienone is 2. The summed E-state index contributed by atoms with van der Waals surface area (Å²) < 4.78 is 13.5. The molecule has 2 aliphatic rings. The van der Waals surface area contributed by atoms with Crippen LogP contribution in [0.5, 0.6) is 11.5 Å². The molecule has 176 valence electrons. The summed E-state index contributed by atoms with van der Waals surface area (Å²) in [6.07, 6.45) is 2.19. The molecule has 2 aromatic carbocycles. The number of hydrogen-bond donors (Lipinski definition) is 1. The number of anilines is 1. The first-order valence-corrected chi connectivity index (χ1v) is 12.6. The summed E-state index contributed by atoms with van der Waals surface area (Å²) in [6, 6.07) is 13.0. The molecular weight excluding hydrogens is 472 g/mol. The van der Waals surface area contributed by atoms with E-state index in [1.54, 1.807) is 18.9 Å². The number of Topliss-reactive ketones (excluding diaryl/α,β-unsaturated/α-hetero) is 1. The number of fused-ring (bicyclic) bond motifs is 1. The van der Waals surface area contributed by atoms with E-state index < -0.39 is 0 Å². The molecule has 0 bridgehead atoms. The van der Waals surface area contributed by atoms with E-state index in [9.17, 15) is 4.79 Å². The molecule has 34 heavy (non-hydrogen) atoms. The number of rotatable bonds is 7. The molecule has 5 rings (SSSR count). The topological polar surface area (TPSA) is 78.3 Å². The highest BCUT2D eigenvalue weighted by Gasteiger charge is 2.37.